The fraction of sp³-hybridized carbons (Fsp3) is 0.125. The Morgan fingerprint density at radius 3 is 3.09 bits per heavy atom. The van der Waals surface area contributed by atoms with E-state index in [1.807, 2.05) is 25.1 Å². The van der Waals surface area contributed by atoms with Crippen molar-refractivity contribution in [2.45, 2.75) is 6.92 Å². The molecule has 0 spiro atoms. The van der Waals surface area contributed by atoms with Gasteiger partial charge in [0.25, 0.3) is 0 Å². The SMILES string of the molecule is Cc1nc2ccc(Br)cc2o1. The molecule has 1 aromatic carbocycles. The molecule has 0 aliphatic rings. The molecule has 0 unspecified atom stereocenters. The molecule has 56 valence electrons. The summed E-state index contributed by atoms with van der Waals surface area (Å²) in [6, 6.07) is 5.79. The number of aromatic nitrogens is 1. The molecule has 0 amide bonds. The van der Waals surface area contributed by atoms with E-state index < -0.39 is 0 Å². The second-order valence-electron chi connectivity index (χ2n) is 2.34. The monoisotopic (exact) mass is 211 g/mol. The highest BCUT2D eigenvalue weighted by molar-refractivity contribution is 9.10. The highest BCUT2D eigenvalue weighted by atomic mass is 79.9. The second-order valence-corrected chi connectivity index (χ2v) is 3.26. The molecule has 0 atom stereocenters. The molecule has 2 rings (SSSR count). The van der Waals surface area contributed by atoms with Gasteiger partial charge in [0, 0.05) is 11.4 Å². The van der Waals surface area contributed by atoms with E-state index in [2.05, 4.69) is 20.9 Å². The predicted molar refractivity (Wildman–Crippen MR) is 46.4 cm³/mol. The minimum atomic E-state index is 0.707. The van der Waals surface area contributed by atoms with E-state index in [1.54, 1.807) is 0 Å². The van der Waals surface area contributed by atoms with Crippen molar-refractivity contribution in [2.75, 3.05) is 0 Å². The van der Waals surface area contributed by atoms with E-state index in [4.69, 9.17) is 4.42 Å². The number of rotatable bonds is 0. The zero-order chi connectivity index (χ0) is 7.84. The second kappa shape index (κ2) is 2.34. The van der Waals surface area contributed by atoms with Crippen LogP contribution in [0.25, 0.3) is 11.1 Å². The first-order chi connectivity index (χ1) is 5.25. The molecule has 2 nitrogen and oxygen atoms in total. The van der Waals surface area contributed by atoms with Crippen molar-refractivity contribution in [2.24, 2.45) is 0 Å². The Balaban J connectivity index is 2.82. The lowest BCUT2D eigenvalue weighted by molar-refractivity contribution is 0.561. The van der Waals surface area contributed by atoms with Crippen LogP contribution >= 0.6 is 15.9 Å². The molecule has 0 N–H and O–H groups in total. The molecule has 0 saturated heterocycles. The van der Waals surface area contributed by atoms with E-state index in [0.29, 0.717) is 5.89 Å². The summed E-state index contributed by atoms with van der Waals surface area (Å²) in [5, 5.41) is 0. The maximum absolute atomic E-state index is 5.31. The molecule has 3 heteroatoms. The van der Waals surface area contributed by atoms with Crippen molar-refractivity contribution in [1.29, 1.82) is 0 Å². The van der Waals surface area contributed by atoms with Gasteiger partial charge in [-0.05, 0) is 18.2 Å². The van der Waals surface area contributed by atoms with Crippen LogP contribution < -0.4 is 0 Å². The summed E-state index contributed by atoms with van der Waals surface area (Å²) in [5.74, 6) is 0.707. The van der Waals surface area contributed by atoms with Crippen LogP contribution in [0, 0.1) is 6.92 Å². The lowest BCUT2D eigenvalue weighted by atomic mass is 10.3. The van der Waals surface area contributed by atoms with Gasteiger partial charge in [-0.25, -0.2) is 4.98 Å². The van der Waals surface area contributed by atoms with E-state index >= 15 is 0 Å². The minimum absolute atomic E-state index is 0.707. The van der Waals surface area contributed by atoms with Crippen molar-refractivity contribution in [1.82, 2.24) is 4.98 Å². The van der Waals surface area contributed by atoms with E-state index in [1.165, 1.54) is 0 Å². The van der Waals surface area contributed by atoms with Gasteiger partial charge in [-0.3, -0.25) is 0 Å². The maximum Gasteiger partial charge on any atom is 0.192 e. The van der Waals surface area contributed by atoms with Crippen molar-refractivity contribution >= 4 is 27.0 Å². The number of hydrogen-bond acceptors (Lipinski definition) is 2. The molecule has 1 heterocycles. The minimum Gasteiger partial charge on any atom is -0.441 e. The van der Waals surface area contributed by atoms with Gasteiger partial charge in [0.15, 0.2) is 11.5 Å². The fourth-order valence-corrected chi connectivity index (χ4v) is 1.35. The quantitative estimate of drug-likeness (QED) is 0.670. The molecule has 0 aliphatic heterocycles. The van der Waals surface area contributed by atoms with E-state index in [0.717, 1.165) is 15.6 Å². The van der Waals surface area contributed by atoms with E-state index in [9.17, 15) is 0 Å². The fourth-order valence-electron chi connectivity index (χ4n) is 1.01. The Bertz CT molecular complexity index is 394. The maximum atomic E-state index is 5.31. The van der Waals surface area contributed by atoms with Crippen molar-refractivity contribution < 1.29 is 4.42 Å². The van der Waals surface area contributed by atoms with Crippen LogP contribution in [0.5, 0.6) is 0 Å². The van der Waals surface area contributed by atoms with Crippen LogP contribution in [-0.2, 0) is 0 Å². The van der Waals surface area contributed by atoms with Crippen molar-refractivity contribution in [3.05, 3.63) is 28.6 Å². The Kier molecular flexibility index (Phi) is 1.46. The third-order valence-corrected chi connectivity index (χ3v) is 1.95. The first-order valence-electron chi connectivity index (χ1n) is 3.28. The van der Waals surface area contributed by atoms with Gasteiger partial charge >= 0.3 is 0 Å². The average molecular weight is 212 g/mol. The summed E-state index contributed by atoms with van der Waals surface area (Å²) < 4.78 is 6.32. The summed E-state index contributed by atoms with van der Waals surface area (Å²) in [6.45, 7) is 1.84. The number of oxazole rings is 1. The first-order valence-corrected chi connectivity index (χ1v) is 4.08. The van der Waals surface area contributed by atoms with Crippen LogP contribution in [-0.4, -0.2) is 4.98 Å². The first kappa shape index (κ1) is 6.85. The molecule has 0 saturated carbocycles. The average Bonchev–Trinajstić information content (AvgIpc) is 2.27. The van der Waals surface area contributed by atoms with Gasteiger partial charge in [0.1, 0.15) is 5.52 Å². The molecule has 0 fully saturated rings. The van der Waals surface area contributed by atoms with Crippen LogP contribution in [0.2, 0.25) is 0 Å². The largest absolute Gasteiger partial charge is 0.441 e. The third kappa shape index (κ3) is 1.16. The summed E-state index contributed by atoms with van der Waals surface area (Å²) >= 11 is 3.35. The number of halogens is 1. The van der Waals surface area contributed by atoms with Gasteiger partial charge < -0.3 is 4.42 Å². The zero-order valence-corrected chi connectivity index (χ0v) is 7.55. The molecule has 0 radical (unpaired) electrons. The summed E-state index contributed by atoms with van der Waals surface area (Å²) in [5.41, 5.74) is 1.74. The van der Waals surface area contributed by atoms with Gasteiger partial charge in [-0.15, -0.1) is 0 Å². The summed E-state index contributed by atoms with van der Waals surface area (Å²) in [4.78, 5) is 4.17. The standard InChI is InChI=1S/C8H6BrNO/c1-5-10-7-3-2-6(9)4-8(7)11-5/h2-4H,1H3. The van der Waals surface area contributed by atoms with Gasteiger partial charge in [-0.1, -0.05) is 15.9 Å². The molecule has 0 aliphatic carbocycles. The van der Waals surface area contributed by atoms with Crippen LogP contribution in [0.15, 0.2) is 27.1 Å². The van der Waals surface area contributed by atoms with Crippen LogP contribution in [0.3, 0.4) is 0 Å². The third-order valence-electron chi connectivity index (χ3n) is 1.46. The number of aryl methyl sites for hydroxylation is 1. The number of benzene rings is 1. The van der Waals surface area contributed by atoms with Crippen LogP contribution in [0.1, 0.15) is 5.89 Å². The lowest BCUT2D eigenvalue weighted by Crippen LogP contribution is -1.67. The zero-order valence-electron chi connectivity index (χ0n) is 5.97. The normalized spacial score (nSPS) is 10.7. The highest BCUT2D eigenvalue weighted by Gasteiger charge is 2.00. The Morgan fingerprint density at radius 2 is 2.27 bits per heavy atom. The number of nitrogens with zero attached hydrogens (tertiary/aromatic N) is 1. The molecular weight excluding hydrogens is 206 g/mol. The van der Waals surface area contributed by atoms with Gasteiger partial charge in [0.05, 0.1) is 0 Å². The number of fused-ring (bicyclic) bond motifs is 1. The summed E-state index contributed by atoms with van der Waals surface area (Å²) in [7, 11) is 0. The molecule has 11 heavy (non-hydrogen) atoms. The molecule has 2 aromatic rings. The molecule has 0 bridgehead atoms. The molecular formula is C8H6BrNO. The predicted octanol–water partition coefficient (Wildman–Crippen LogP) is 2.90. The van der Waals surface area contributed by atoms with Gasteiger partial charge in [0.2, 0.25) is 0 Å². The van der Waals surface area contributed by atoms with Crippen LogP contribution in [0.4, 0.5) is 0 Å². The Labute approximate surface area is 72.4 Å². The summed E-state index contributed by atoms with van der Waals surface area (Å²) in [6.07, 6.45) is 0. The Morgan fingerprint density at radius 1 is 1.45 bits per heavy atom. The van der Waals surface area contributed by atoms with Gasteiger partial charge in [-0.2, -0.15) is 0 Å². The highest BCUT2D eigenvalue weighted by Crippen LogP contribution is 2.19. The lowest BCUT2D eigenvalue weighted by Gasteiger charge is -1.86. The van der Waals surface area contributed by atoms with Crippen molar-refractivity contribution in [3.63, 3.8) is 0 Å². The topological polar surface area (TPSA) is 26.0 Å². The smallest absolute Gasteiger partial charge is 0.192 e. The number of hydrogen-bond donors (Lipinski definition) is 0. The molecule has 1 aromatic heterocycles. The Hall–Kier alpha value is -0.830. The van der Waals surface area contributed by atoms with E-state index in [-0.39, 0.29) is 0 Å². The van der Waals surface area contributed by atoms with Crippen molar-refractivity contribution in [3.8, 4) is 0 Å².